The van der Waals surface area contributed by atoms with Crippen molar-refractivity contribution in [1.82, 2.24) is 30.2 Å². The minimum atomic E-state index is -0.512. The minimum Gasteiger partial charge on any atom is -0.379 e. The Kier molecular flexibility index (Phi) is 13.0. The van der Waals surface area contributed by atoms with Crippen LogP contribution in [0, 0.1) is 18.8 Å². The molecule has 0 bridgehead atoms. The molecule has 4 aliphatic heterocycles. The predicted octanol–water partition coefficient (Wildman–Crippen LogP) is 6.28. The number of thiazole rings is 1. The second-order valence-electron chi connectivity index (χ2n) is 17.6. The van der Waals surface area contributed by atoms with E-state index in [4.69, 9.17) is 14.0 Å². The van der Waals surface area contributed by atoms with E-state index in [0.29, 0.717) is 24.8 Å². The summed E-state index contributed by atoms with van der Waals surface area (Å²) < 4.78 is 18.1. The van der Waals surface area contributed by atoms with Crippen LogP contribution in [0.1, 0.15) is 101 Å². The molecule has 310 valence electrons. The molecule has 5 aliphatic rings. The Hall–Kier alpha value is -3.36. The molecule has 2 aromatic heterocycles. The molecule has 57 heavy (non-hydrogen) atoms. The number of hydrogen-bond donors (Lipinski definition) is 1. The average molecular weight is 802 g/mol. The fourth-order valence-corrected chi connectivity index (χ4v) is 10.7. The van der Waals surface area contributed by atoms with E-state index < -0.39 is 12.0 Å². The second-order valence-corrected chi connectivity index (χ2v) is 18.4. The van der Waals surface area contributed by atoms with Gasteiger partial charge in [-0.1, -0.05) is 43.3 Å². The van der Waals surface area contributed by atoms with E-state index in [0.717, 1.165) is 124 Å². The van der Waals surface area contributed by atoms with Gasteiger partial charge in [0.2, 0.25) is 11.8 Å². The number of rotatable bonds is 13. The van der Waals surface area contributed by atoms with Crippen LogP contribution in [0.4, 0.5) is 5.82 Å². The van der Waals surface area contributed by atoms with Crippen LogP contribution >= 0.6 is 11.3 Å². The number of carbonyl (C=O) groups excluding carboxylic acids is 2. The van der Waals surface area contributed by atoms with Gasteiger partial charge in [-0.15, -0.1) is 11.3 Å². The zero-order valence-electron chi connectivity index (χ0n) is 34.4. The molecule has 12 nitrogen and oxygen atoms in total. The van der Waals surface area contributed by atoms with Gasteiger partial charge in [0.25, 0.3) is 0 Å². The summed E-state index contributed by atoms with van der Waals surface area (Å²) in [4.78, 5) is 42.8. The lowest BCUT2D eigenvalue weighted by molar-refractivity contribution is -0.141. The number of likely N-dealkylation sites (tertiary alicyclic amines) is 2. The molecule has 13 heteroatoms. The number of aromatic nitrogens is 2. The Morgan fingerprint density at radius 3 is 2.30 bits per heavy atom. The van der Waals surface area contributed by atoms with Crippen LogP contribution in [0.5, 0.6) is 0 Å². The summed E-state index contributed by atoms with van der Waals surface area (Å²) in [5, 5.41) is 7.66. The van der Waals surface area contributed by atoms with Crippen LogP contribution in [-0.4, -0.2) is 127 Å². The fraction of sp³-hybridized carbons (Fsp3) is 0.682. The summed E-state index contributed by atoms with van der Waals surface area (Å²) in [5.41, 5.74) is 5.03. The van der Waals surface area contributed by atoms with Crippen molar-refractivity contribution in [3.63, 3.8) is 0 Å². The third-order valence-corrected chi connectivity index (χ3v) is 14.3. The van der Waals surface area contributed by atoms with Gasteiger partial charge in [-0.3, -0.25) is 14.5 Å². The summed E-state index contributed by atoms with van der Waals surface area (Å²) in [6.07, 6.45) is 8.91. The van der Waals surface area contributed by atoms with E-state index in [9.17, 15) is 9.59 Å². The third-order valence-electron chi connectivity index (χ3n) is 13.3. The van der Waals surface area contributed by atoms with E-state index in [1.54, 1.807) is 16.2 Å². The van der Waals surface area contributed by atoms with Gasteiger partial charge in [0.1, 0.15) is 12.0 Å². The molecule has 4 saturated heterocycles. The van der Waals surface area contributed by atoms with Crippen molar-refractivity contribution in [3.05, 3.63) is 52.9 Å². The topological polar surface area (TPSA) is 117 Å². The van der Waals surface area contributed by atoms with Crippen molar-refractivity contribution >= 4 is 29.0 Å². The number of nitrogens with one attached hydrogen (secondary N) is 1. The van der Waals surface area contributed by atoms with E-state index in [-0.39, 0.29) is 29.9 Å². The van der Waals surface area contributed by atoms with E-state index >= 15 is 0 Å². The van der Waals surface area contributed by atoms with E-state index in [2.05, 4.69) is 54.4 Å². The third kappa shape index (κ3) is 9.43. The van der Waals surface area contributed by atoms with Gasteiger partial charge in [0.15, 0.2) is 11.6 Å². The lowest BCUT2D eigenvalue weighted by Gasteiger charge is -2.46. The molecule has 2 amide bonds. The van der Waals surface area contributed by atoms with Crippen LogP contribution in [0.15, 0.2) is 40.4 Å². The number of morpholine rings is 1. The molecule has 6 heterocycles. The van der Waals surface area contributed by atoms with Gasteiger partial charge in [-0.2, -0.15) is 0 Å². The standard InChI is InChI=1S/C44H63N7O5S/c1-29(2)41(44(53)51-15-5-6-38(51)43(52)46-30(3)33-7-9-34(10-8-33)42-31(4)45-28-57-42)39-26-40(47-56-39)50-18-13-37(14-19-50)55-36-11-16-48(17-12-36)27-32-24-35(25-32)49-20-22-54-23-21-49/h7-10,26,28-30,32,35-38,41H,5-6,11-25,27H2,1-4H3,(H,46,52). The number of piperidine rings is 2. The fourth-order valence-electron chi connectivity index (χ4n) is 9.86. The first-order valence-corrected chi connectivity index (χ1v) is 22.6. The highest BCUT2D eigenvalue weighted by Gasteiger charge is 2.41. The Labute approximate surface area is 342 Å². The number of benzene rings is 1. The number of amides is 2. The highest BCUT2D eigenvalue weighted by Crippen LogP contribution is 2.36. The van der Waals surface area contributed by atoms with E-state index in [1.807, 2.05) is 39.3 Å². The number of anilines is 1. The first kappa shape index (κ1) is 40.4. The van der Waals surface area contributed by atoms with Crippen LogP contribution in [0.3, 0.4) is 0 Å². The summed E-state index contributed by atoms with van der Waals surface area (Å²) >= 11 is 1.63. The molecule has 1 aliphatic carbocycles. The summed E-state index contributed by atoms with van der Waals surface area (Å²) in [6, 6.07) is 10.3. The van der Waals surface area contributed by atoms with Crippen molar-refractivity contribution < 1.29 is 23.6 Å². The van der Waals surface area contributed by atoms with Crippen molar-refractivity contribution in [2.24, 2.45) is 11.8 Å². The maximum Gasteiger partial charge on any atom is 0.243 e. The normalized spacial score (nSPS) is 25.5. The molecule has 5 fully saturated rings. The van der Waals surface area contributed by atoms with Crippen LogP contribution in [-0.2, 0) is 19.1 Å². The van der Waals surface area contributed by atoms with Crippen molar-refractivity contribution in [3.8, 4) is 10.4 Å². The van der Waals surface area contributed by atoms with Crippen molar-refractivity contribution in [2.45, 2.75) is 115 Å². The first-order valence-electron chi connectivity index (χ1n) is 21.7. The molecular weight excluding hydrogens is 739 g/mol. The smallest absolute Gasteiger partial charge is 0.243 e. The van der Waals surface area contributed by atoms with Crippen molar-refractivity contribution in [2.75, 3.05) is 70.5 Å². The maximum absolute atomic E-state index is 14.2. The SMILES string of the molecule is Cc1ncsc1-c1ccc(C(C)NC(=O)C2CCCN2C(=O)C(c2cc(N3CCC(OC4CCN(CC5CC(N6CCOCC6)C5)CC4)CC3)no2)C(C)C)cc1. The Balaban J connectivity index is 0.784. The zero-order chi connectivity index (χ0) is 39.5. The molecule has 3 unspecified atom stereocenters. The summed E-state index contributed by atoms with van der Waals surface area (Å²) in [6.45, 7) is 17.9. The molecule has 3 aromatic rings. The maximum atomic E-state index is 14.2. The molecule has 1 N–H and O–H groups in total. The first-order chi connectivity index (χ1) is 27.7. The van der Waals surface area contributed by atoms with Crippen LogP contribution < -0.4 is 10.2 Å². The average Bonchev–Trinajstić information content (AvgIpc) is 3.99. The number of hydrogen-bond acceptors (Lipinski definition) is 11. The van der Waals surface area contributed by atoms with Gasteiger partial charge >= 0.3 is 0 Å². The van der Waals surface area contributed by atoms with Gasteiger partial charge in [0.05, 0.1) is 47.5 Å². The predicted molar refractivity (Wildman–Crippen MR) is 222 cm³/mol. The molecular formula is C44H63N7O5S. The van der Waals surface area contributed by atoms with Gasteiger partial charge < -0.3 is 34.0 Å². The highest BCUT2D eigenvalue weighted by molar-refractivity contribution is 7.13. The second kappa shape index (κ2) is 18.3. The molecule has 3 atom stereocenters. The van der Waals surface area contributed by atoms with Gasteiger partial charge in [-0.25, -0.2) is 4.98 Å². The zero-order valence-corrected chi connectivity index (χ0v) is 35.3. The summed E-state index contributed by atoms with van der Waals surface area (Å²) in [5.74, 6) is 1.49. The van der Waals surface area contributed by atoms with Gasteiger partial charge in [0, 0.05) is 64.5 Å². The minimum absolute atomic E-state index is 0.0199. The molecule has 0 spiro atoms. The lowest BCUT2D eigenvalue weighted by atomic mass is 9.78. The summed E-state index contributed by atoms with van der Waals surface area (Å²) in [7, 11) is 0. The number of nitrogens with zero attached hydrogens (tertiary/aromatic N) is 6. The Bertz CT molecular complexity index is 1770. The Morgan fingerprint density at radius 1 is 0.930 bits per heavy atom. The number of ether oxygens (including phenoxy) is 2. The number of carbonyl (C=O) groups is 2. The monoisotopic (exact) mass is 801 g/mol. The largest absolute Gasteiger partial charge is 0.379 e. The Morgan fingerprint density at radius 2 is 1.63 bits per heavy atom. The quantitative estimate of drug-likeness (QED) is 0.212. The highest BCUT2D eigenvalue weighted by atomic mass is 32.1. The van der Waals surface area contributed by atoms with Gasteiger partial charge in [-0.05, 0) is 88.2 Å². The lowest BCUT2D eigenvalue weighted by Crippen LogP contribution is -2.52. The molecule has 8 rings (SSSR count). The molecule has 0 radical (unpaired) electrons. The molecule has 1 saturated carbocycles. The van der Waals surface area contributed by atoms with Crippen molar-refractivity contribution in [1.29, 1.82) is 0 Å². The van der Waals surface area contributed by atoms with E-state index in [1.165, 1.54) is 19.4 Å². The van der Waals surface area contributed by atoms with Crippen LogP contribution in [0.2, 0.25) is 0 Å². The number of aryl methyl sites for hydroxylation is 1. The molecule has 1 aromatic carbocycles. The van der Waals surface area contributed by atoms with Crippen LogP contribution in [0.25, 0.3) is 10.4 Å².